The van der Waals surface area contributed by atoms with Crippen molar-refractivity contribution in [3.05, 3.63) is 64.1 Å². The van der Waals surface area contributed by atoms with Gasteiger partial charge in [-0.25, -0.2) is 0 Å². The van der Waals surface area contributed by atoms with Crippen LogP contribution < -0.4 is 11.1 Å². The third-order valence-corrected chi connectivity index (χ3v) is 4.22. The fourth-order valence-electron chi connectivity index (χ4n) is 2.05. The lowest BCUT2D eigenvalue weighted by Crippen LogP contribution is -2.16. The van der Waals surface area contributed by atoms with Crippen LogP contribution in [0.2, 0.25) is 0 Å². The van der Waals surface area contributed by atoms with Crippen molar-refractivity contribution in [1.29, 1.82) is 0 Å². The Bertz CT molecular complexity index is 613. The number of amides is 1. The second kappa shape index (κ2) is 7.38. The van der Waals surface area contributed by atoms with Gasteiger partial charge in [0.1, 0.15) is 0 Å². The largest absolute Gasteiger partial charge is 0.326 e. The fourth-order valence-corrected chi connectivity index (χ4v) is 2.43. The van der Waals surface area contributed by atoms with E-state index < -0.39 is 0 Å². The molecule has 1 amide bonds. The molecule has 0 aliphatic heterocycles. The summed E-state index contributed by atoms with van der Waals surface area (Å²) in [4.78, 5) is 12.0. The summed E-state index contributed by atoms with van der Waals surface area (Å²) < 4.78 is 0.987. The predicted octanol–water partition coefficient (Wildman–Crippen LogP) is 4.18. The molecule has 4 heteroatoms. The molecule has 0 heterocycles. The smallest absolute Gasteiger partial charge is 0.224 e. The molecule has 1 unspecified atom stereocenters. The molecular formula is C17H19BrN2O. The zero-order valence-corrected chi connectivity index (χ0v) is 13.6. The number of nitrogens with one attached hydrogen (secondary N) is 1. The second-order valence-electron chi connectivity index (χ2n) is 5.07. The Balaban J connectivity index is 1.86. The van der Waals surface area contributed by atoms with E-state index in [4.69, 9.17) is 5.73 Å². The summed E-state index contributed by atoms with van der Waals surface area (Å²) in [6, 6.07) is 15.5. The number of hydrogen-bond acceptors (Lipinski definition) is 2. The Morgan fingerprint density at radius 1 is 1.24 bits per heavy atom. The molecule has 21 heavy (non-hydrogen) atoms. The van der Waals surface area contributed by atoms with Crippen LogP contribution in [0.25, 0.3) is 0 Å². The molecule has 3 N–H and O–H groups in total. The zero-order chi connectivity index (χ0) is 15.2. The maximum Gasteiger partial charge on any atom is 0.224 e. The van der Waals surface area contributed by atoms with Crippen molar-refractivity contribution in [3.63, 3.8) is 0 Å². The van der Waals surface area contributed by atoms with E-state index in [-0.39, 0.29) is 11.9 Å². The van der Waals surface area contributed by atoms with Crippen LogP contribution in [0, 0.1) is 6.92 Å². The van der Waals surface area contributed by atoms with Crippen molar-refractivity contribution in [2.24, 2.45) is 5.73 Å². The van der Waals surface area contributed by atoms with Crippen LogP contribution in [-0.4, -0.2) is 5.91 Å². The first kappa shape index (κ1) is 15.7. The highest BCUT2D eigenvalue weighted by atomic mass is 79.9. The van der Waals surface area contributed by atoms with Crippen molar-refractivity contribution in [3.8, 4) is 0 Å². The van der Waals surface area contributed by atoms with Crippen LogP contribution in [0.5, 0.6) is 0 Å². The van der Waals surface area contributed by atoms with E-state index in [0.29, 0.717) is 12.8 Å². The topological polar surface area (TPSA) is 55.1 Å². The van der Waals surface area contributed by atoms with Gasteiger partial charge < -0.3 is 11.1 Å². The molecule has 0 radical (unpaired) electrons. The first-order chi connectivity index (χ1) is 10.1. The number of carbonyl (C=O) groups excluding carboxylic acids is 1. The molecule has 0 aliphatic rings. The van der Waals surface area contributed by atoms with Gasteiger partial charge in [-0.15, -0.1) is 0 Å². The quantitative estimate of drug-likeness (QED) is 0.853. The molecule has 3 nitrogen and oxygen atoms in total. The Labute approximate surface area is 133 Å². The first-order valence-corrected chi connectivity index (χ1v) is 7.72. The van der Waals surface area contributed by atoms with Gasteiger partial charge in [-0.05, 0) is 36.6 Å². The molecular weight excluding hydrogens is 328 g/mol. The van der Waals surface area contributed by atoms with Crippen molar-refractivity contribution < 1.29 is 4.79 Å². The maximum atomic E-state index is 12.0. The highest BCUT2D eigenvalue weighted by Gasteiger charge is 2.09. The minimum Gasteiger partial charge on any atom is -0.326 e. The van der Waals surface area contributed by atoms with E-state index in [0.717, 1.165) is 21.3 Å². The summed E-state index contributed by atoms with van der Waals surface area (Å²) >= 11 is 3.46. The van der Waals surface area contributed by atoms with Gasteiger partial charge in [0.25, 0.3) is 0 Å². The molecule has 0 fully saturated rings. The standard InChI is InChI=1S/C17H19BrN2O/c1-12-7-8-14(11-15(12)18)20-17(21)10-9-16(19)13-5-3-2-4-6-13/h2-8,11,16H,9-10,19H2,1H3,(H,20,21). The van der Waals surface area contributed by atoms with Gasteiger partial charge in [0.2, 0.25) is 5.91 Å². The molecule has 110 valence electrons. The summed E-state index contributed by atoms with van der Waals surface area (Å²) in [5.74, 6) is -0.0165. The lowest BCUT2D eigenvalue weighted by molar-refractivity contribution is -0.116. The van der Waals surface area contributed by atoms with Crippen LogP contribution in [-0.2, 0) is 4.79 Å². The van der Waals surface area contributed by atoms with E-state index in [9.17, 15) is 4.79 Å². The number of anilines is 1. The summed E-state index contributed by atoms with van der Waals surface area (Å²) in [5, 5.41) is 2.89. The van der Waals surface area contributed by atoms with E-state index in [2.05, 4.69) is 21.2 Å². The number of rotatable bonds is 5. The van der Waals surface area contributed by atoms with E-state index in [1.165, 1.54) is 0 Å². The number of hydrogen-bond donors (Lipinski definition) is 2. The van der Waals surface area contributed by atoms with Gasteiger partial charge in [-0.2, -0.15) is 0 Å². The van der Waals surface area contributed by atoms with Crippen LogP contribution in [0.4, 0.5) is 5.69 Å². The van der Waals surface area contributed by atoms with Crippen LogP contribution in [0.15, 0.2) is 53.0 Å². The van der Waals surface area contributed by atoms with Gasteiger partial charge in [0.05, 0.1) is 0 Å². The Morgan fingerprint density at radius 3 is 2.62 bits per heavy atom. The number of aryl methyl sites for hydroxylation is 1. The van der Waals surface area contributed by atoms with E-state index in [1.807, 2.05) is 55.5 Å². The van der Waals surface area contributed by atoms with Gasteiger partial charge in [-0.3, -0.25) is 4.79 Å². The molecule has 0 saturated heterocycles. The number of benzene rings is 2. The van der Waals surface area contributed by atoms with Crippen LogP contribution in [0.1, 0.15) is 30.0 Å². The van der Waals surface area contributed by atoms with Crippen molar-refractivity contribution in [2.45, 2.75) is 25.8 Å². The molecule has 0 spiro atoms. The van der Waals surface area contributed by atoms with Gasteiger partial charge in [0, 0.05) is 22.6 Å². The summed E-state index contributed by atoms with van der Waals surface area (Å²) in [5.41, 5.74) is 9.09. The first-order valence-electron chi connectivity index (χ1n) is 6.93. The maximum absolute atomic E-state index is 12.0. The predicted molar refractivity (Wildman–Crippen MR) is 90.1 cm³/mol. The average molecular weight is 347 g/mol. The second-order valence-corrected chi connectivity index (χ2v) is 5.92. The fraction of sp³-hybridized carbons (Fsp3) is 0.235. The van der Waals surface area contributed by atoms with Crippen molar-refractivity contribution in [2.75, 3.05) is 5.32 Å². The normalized spacial score (nSPS) is 12.0. The van der Waals surface area contributed by atoms with E-state index in [1.54, 1.807) is 0 Å². The Morgan fingerprint density at radius 2 is 1.95 bits per heavy atom. The molecule has 0 saturated carbocycles. The van der Waals surface area contributed by atoms with Crippen molar-refractivity contribution in [1.82, 2.24) is 0 Å². The summed E-state index contributed by atoms with van der Waals surface area (Å²) in [7, 11) is 0. The minimum absolute atomic E-state index is 0.0165. The van der Waals surface area contributed by atoms with Gasteiger partial charge in [0.15, 0.2) is 0 Å². The molecule has 2 rings (SSSR count). The lowest BCUT2D eigenvalue weighted by Gasteiger charge is -2.12. The third-order valence-electron chi connectivity index (χ3n) is 3.37. The van der Waals surface area contributed by atoms with Crippen LogP contribution in [0.3, 0.4) is 0 Å². The molecule has 1 atom stereocenters. The number of carbonyl (C=O) groups is 1. The van der Waals surface area contributed by atoms with E-state index >= 15 is 0 Å². The highest BCUT2D eigenvalue weighted by Crippen LogP contribution is 2.21. The van der Waals surface area contributed by atoms with Crippen LogP contribution >= 0.6 is 15.9 Å². The highest BCUT2D eigenvalue weighted by molar-refractivity contribution is 9.10. The summed E-state index contributed by atoms with van der Waals surface area (Å²) in [6.45, 7) is 2.01. The van der Waals surface area contributed by atoms with Gasteiger partial charge in [-0.1, -0.05) is 52.3 Å². The molecule has 0 aromatic heterocycles. The molecule has 0 aliphatic carbocycles. The molecule has 2 aromatic carbocycles. The average Bonchev–Trinajstić information content (AvgIpc) is 2.49. The van der Waals surface area contributed by atoms with Crippen molar-refractivity contribution >= 4 is 27.5 Å². The number of halogens is 1. The van der Waals surface area contributed by atoms with Gasteiger partial charge >= 0.3 is 0 Å². The number of nitrogens with two attached hydrogens (primary N) is 1. The monoisotopic (exact) mass is 346 g/mol. The zero-order valence-electron chi connectivity index (χ0n) is 12.0. The summed E-state index contributed by atoms with van der Waals surface area (Å²) in [6.07, 6.45) is 1.03. The molecule has 2 aromatic rings. The minimum atomic E-state index is -0.110. The molecule has 0 bridgehead atoms. The third kappa shape index (κ3) is 4.69. The Kier molecular flexibility index (Phi) is 5.53. The SMILES string of the molecule is Cc1ccc(NC(=O)CCC(N)c2ccccc2)cc1Br. The lowest BCUT2D eigenvalue weighted by atomic mass is 10.0. The Hall–Kier alpha value is -1.65.